The van der Waals surface area contributed by atoms with Gasteiger partial charge in [-0.3, -0.25) is 0 Å². The van der Waals surface area contributed by atoms with Crippen LogP contribution in [0.5, 0.6) is 5.75 Å². The van der Waals surface area contributed by atoms with Gasteiger partial charge in [0, 0.05) is 6.04 Å². The molecule has 1 aromatic rings. The highest BCUT2D eigenvalue weighted by Crippen LogP contribution is 2.61. The van der Waals surface area contributed by atoms with Crippen LogP contribution in [0, 0.1) is 23.2 Å². The number of aromatic hydroxyl groups is 1. The van der Waals surface area contributed by atoms with Crippen molar-refractivity contribution in [3.63, 3.8) is 0 Å². The molecule has 1 atom stereocenters. The molecule has 4 aliphatic rings. The van der Waals surface area contributed by atoms with Crippen molar-refractivity contribution in [3.8, 4) is 5.75 Å². The van der Waals surface area contributed by atoms with Crippen molar-refractivity contribution in [1.29, 1.82) is 0 Å². The fraction of sp³-hybridized carbons (Fsp3) is 0.667. The third-order valence-electron chi connectivity index (χ3n) is 6.26. The summed E-state index contributed by atoms with van der Waals surface area (Å²) in [5, 5.41) is 9.39. The molecule has 4 bridgehead atoms. The van der Waals surface area contributed by atoms with Gasteiger partial charge in [0.15, 0.2) is 0 Å². The quantitative estimate of drug-likeness (QED) is 0.884. The van der Waals surface area contributed by atoms with Gasteiger partial charge in [-0.05, 0) is 85.8 Å². The Balaban J connectivity index is 1.53. The van der Waals surface area contributed by atoms with Gasteiger partial charge in [-0.25, -0.2) is 0 Å². The van der Waals surface area contributed by atoms with Crippen LogP contribution in [0.3, 0.4) is 0 Å². The summed E-state index contributed by atoms with van der Waals surface area (Å²) in [4.78, 5) is 0. The molecular formula is C18H25NO. The lowest BCUT2D eigenvalue weighted by Gasteiger charge is -2.59. The highest BCUT2D eigenvalue weighted by molar-refractivity contribution is 5.27. The molecule has 0 aliphatic heterocycles. The van der Waals surface area contributed by atoms with Crippen molar-refractivity contribution in [2.24, 2.45) is 28.9 Å². The summed E-state index contributed by atoms with van der Waals surface area (Å²) < 4.78 is 0. The summed E-state index contributed by atoms with van der Waals surface area (Å²) in [6.07, 6.45) is 9.52. The maximum Gasteiger partial charge on any atom is 0.115 e. The molecule has 0 spiro atoms. The van der Waals surface area contributed by atoms with Crippen LogP contribution in [0.25, 0.3) is 0 Å². The Morgan fingerprint density at radius 3 is 2.00 bits per heavy atom. The lowest BCUT2D eigenvalue weighted by atomic mass is 9.47. The summed E-state index contributed by atoms with van der Waals surface area (Å²) in [6, 6.07) is 7.90. The van der Waals surface area contributed by atoms with Gasteiger partial charge in [0.25, 0.3) is 0 Å². The average molecular weight is 271 g/mol. The standard InChI is InChI=1S/C18H25NO/c19-17(8-12-1-3-16(20)4-2-12)18-9-13-5-14(10-18)7-15(6-13)11-18/h1-4,13-15,17,20H,5-11,19H2. The fourth-order valence-electron chi connectivity index (χ4n) is 5.73. The molecule has 2 heteroatoms. The molecule has 5 rings (SSSR count). The summed E-state index contributed by atoms with van der Waals surface area (Å²) in [5.41, 5.74) is 8.37. The average Bonchev–Trinajstić information content (AvgIpc) is 2.40. The molecule has 0 radical (unpaired) electrons. The van der Waals surface area contributed by atoms with Crippen LogP contribution >= 0.6 is 0 Å². The maximum atomic E-state index is 9.39. The van der Waals surface area contributed by atoms with Crippen molar-refractivity contribution < 1.29 is 5.11 Å². The Morgan fingerprint density at radius 1 is 1.00 bits per heavy atom. The Hall–Kier alpha value is -1.02. The predicted octanol–water partition coefficient (Wildman–Crippen LogP) is 3.48. The highest BCUT2D eigenvalue weighted by Gasteiger charge is 2.53. The zero-order valence-electron chi connectivity index (χ0n) is 12.1. The van der Waals surface area contributed by atoms with E-state index in [2.05, 4.69) is 0 Å². The first-order chi connectivity index (χ1) is 9.63. The Labute approximate surface area is 121 Å². The van der Waals surface area contributed by atoms with E-state index in [0.717, 1.165) is 24.2 Å². The SMILES string of the molecule is NC(Cc1ccc(O)cc1)C12CC3CC(CC(C3)C1)C2. The molecule has 1 unspecified atom stereocenters. The van der Waals surface area contributed by atoms with Gasteiger partial charge in [-0.15, -0.1) is 0 Å². The molecule has 4 fully saturated rings. The van der Waals surface area contributed by atoms with Crippen molar-refractivity contribution >= 4 is 0 Å². The van der Waals surface area contributed by atoms with Gasteiger partial charge in [0.05, 0.1) is 0 Å². The van der Waals surface area contributed by atoms with Crippen LogP contribution in [0.2, 0.25) is 0 Å². The number of phenolic OH excluding ortho intramolecular Hbond substituents is 1. The molecule has 3 N–H and O–H groups in total. The minimum absolute atomic E-state index is 0.292. The second-order valence-electron chi connectivity index (χ2n) is 7.76. The monoisotopic (exact) mass is 271 g/mol. The number of phenols is 1. The topological polar surface area (TPSA) is 46.2 Å². The van der Waals surface area contributed by atoms with Gasteiger partial charge in [-0.1, -0.05) is 12.1 Å². The van der Waals surface area contributed by atoms with E-state index in [1.54, 1.807) is 12.1 Å². The molecule has 2 nitrogen and oxygen atoms in total. The first kappa shape index (κ1) is 12.7. The van der Waals surface area contributed by atoms with Crippen LogP contribution in [0.4, 0.5) is 0 Å². The molecule has 0 amide bonds. The molecule has 0 aromatic heterocycles. The van der Waals surface area contributed by atoms with E-state index < -0.39 is 0 Å². The zero-order valence-corrected chi connectivity index (χ0v) is 12.1. The first-order valence-corrected chi connectivity index (χ1v) is 8.16. The Morgan fingerprint density at radius 2 is 1.50 bits per heavy atom. The van der Waals surface area contributed by atoms with Crippen LogP contribution in [0.1, 0.15) is 44.1 Å². The molecule has 4 saturated carbocycles. The van der Waals surface area contributed by atoms with Crippen LogP contribution in [-0.2, 0) is 6.42 Å². The van der Waals surface area contributed by atoms with E-state index in [4.69, 9.17) is 5.73 Å². The van der Waals surface area contributed by atoms with E-state index in [1.165, 1.54) is 44.1 Å². The van der Waals surface area contributed by atoms with Crippen LogP contribution < -0.4 is 5.73 Å². The van der Waals surface area contributed by atoms with Gasteiger partial charge in [0.2, 0.25) is 0 Å². The molecule has 4 aliphatic carbocycles. The number of rotatable bonds is 3. The largest absolute Gasteiger partial charge is 0.508 e. The van der Waals surface area contributed by atoms with E-state index in [9.17, 15) is 5.11 Å². The number of nitrogens with two attached hydrogens (primary N) is 1. The van der Waals surface area contributed by atoms with Crippen molar-refractivity contribution in [3.05, 3.63) is 29.8 Å². The smallest absolute Gasteiger partial charge is 0.115 e. The van der Waals surface area contributed by atoms with Gasteiger partial charge < -0.3 is 10.8 Å². The predicted molar refractivity (Wildman–Crippen MR) is 80.4 cm³/mol. The molecule has 20 heavy (non-hydrogen) atoms. The van der Waals surface area contributed by atoms with Crippen LogP contribution in [-0.4, -0.2) is 11.1 Å². The summed E-state index contributed by atoms with van der Waals surface area (Å²) in [6.45, 7) is 0. The number of hydrogen-bond acceptors (Lipinski definition) is 2. The van der Waals surface area contributed by atoms with Crippen molar-refractivity contribution in [1.82, 2.24) is 0 Å². The second kappa shape index (κ2) is 4.49. The first-order valence-electron chi connectivity index (χ1n) is 8.16. The van der Waals surface area contributed by atoms with E-state index in [-0.39, 0.29) is 0 Å². The van der Waals surface area contributed by atoms with Crippen molar-refractivity contribution in [2.75, 3.05) is 0 Å². The van der Waals surface area contributed by atoms with Crippen LogP contribution in [0.15, 0.2) is 24.3 Å². The van der Waals surface area contributed by atoms with E-state index in [1.807, 2.05) is 12.1 Å². The summed E-state index contributed by atoms with van der Waals surface area (Å²) >= 11 is 0. The van der Waals surface area contributed by atoms with E-state index in [0.29, 0.717) is 17.2 Å². The van der Waals surface area contributed by atoms with Gasteiger partial charge in [-0.2, -0.15) is 0 Å². The lowest BCUT2D eigenvalue weighted by Crippen LogP contribution is -2.55. The van der Waals surface area contributed by atoms with Crippen molar-refractivity contribution in [2.45, 2.75) is 51.0 Å². The third kappa shape index (κ3) is 2.05. The summed E-state index contributed by atoms with van der Waals surface area (Å²) in [7, 11) is 0. The second-order valence-corrected chi connectivity index (χ2v) is 7.76. The number of hydrogen-bond donors (Lipinski definition) is 2. The Bertz CT molecular complexity index is 457. The third-order valence-corrected chi connectivity index (χ3v) is 6.26. The Kier molecular flexibility index (Phi) is 2.85. The normalized spacial score (nSPS) is 40.0. The zero-order chi connectivity index (χ0) is 13.7. The minimum Gasteiger partial charge on any atom is -0.508 e. The molecular weight excluding hydrogens is 246 g/mol. The molecule has 0 saturated heterocycles. The van der Waals surface area contributed by atoms with Gasteiger partial charge in [0.1, 0.15) is 5.75 Å². The summed E-state index contributed by atoms with van der Waals surface area (Å²) in [5.74, 6) is 3.24. The molecule has 108 valence electrons. The molecule has 1 aromatic carbocycles. The lowest BCUT2D eigenvalue weighted by molar-refractivity contribution is -0.0667. The minimum atomic E-state index is 0.292. The highest BCUT2D eigenvalue weighted by atomic mass is 16.3. The maximum absolute atomic E-state index is 9.39. The van der Waals surface area contributed by atoms with E-state index >= 15 is 0 Å². The molecule has 0 heterocycles. The number of benzene rings is 1. The van der Waals surface area contributed by atoms with Gasteiger partial charge >= 0.3 is 0 Å². The fourth-order valence-corrected chi connectivity index (χ4v) is 5.73.